The van der Waals surface area contributed by atoms with Crippen LogP contribution in [0.3, 0.4) is 0 Å². The Morgan fingerprint density at radius 1 is 0.809 bits per heavy atom. The first-order valence-electron chi connectivity index (χ1n) is 23.5. The summed E-state index contributed by atoms with van der Waals surface area (Å²) in [6, 6.07) is -0.752. The lowest BCUT2D eigenvalue weighted by atomic mass is 9.79. The number of rotatable bonds is 16. The predicted octanol–water partition coefficient (Wildman–Crippen LogP) is 4.20. The van der Waals surface area contributed by atoms with Crippen LogP contribution >= 0.6 is 0 Å². The molecule has 3 heterocycles. The Labute approximate surface area is 401 Å². The van der Waals surface area contributed by atoms with Crippen LogP contribution in [0.4, 0.5) is 0 Å². The van der Waals surface area contributed by atoms with Crippen LogP contribution in [0.15, 0.2) is 36.0 Å². The van der Waals surface area contributed by atoms with Gasteiger partial charge in [-0.1, -0.05) is 44.6 Å². The predicted molar refractivity (Wildman–Crippen MR) is 244 cm³/mol. The molecule has 0 radical (unpaired) electrons. The van der Waals surface area contributed by atoms with Gasteiger partial charge < -0.3 is 57.2 Å². The first-order chi connectivity index (χ1) is 32.1. The van der Waals surface area contributed by atoms with E-state index in [1.165, 1.54) is 47.1 Å². The summed E-state index contributed by atoms with van der Waals surface area (Å²) >= 11 is 0. The van der Waals surface area contributed by atoms with Crippen molar-refractivity contribution in [1.82, 2.24) is 4.90 Å². The van der Waals surface area contributed by atoms with Gasteiger partial charge in [-0.25, -0.2) is 4.79 Å². The van der Waals surface area contributed by atoms with E-state index in [1.54, 1.807) is 72.7 Å². The molecule has 386 valence electrons. The minimum Gasteiger partial charge on any atom is -0.463 e. The van der Waals surface area contributed by atoms with Crippen LogP contribution in [0.2, 0.25) is 0 Å². The normalized spacial score (nSPS) is 36.8. The Balaban J connectivity index is 2.10. The molecule has 0 spiro atoms. The summed E-state index contributed by atoms with van der Waals surface area (Å²) in [4.78, 5) is 79.1. The molecule has 19 nitrogen and oxygen atoms in total. The van der Waals surface area contributed by atoms with Gasteiger partial charge in [-0.05, 0) is 73.0 Å². The van der Waals surface area contributed by atoms with Gasteiger partial charge in [0.15, 0.2) is 30.6 Å². The second kappa shape index (κ2) is 27.9. The molecule has 0 aromatic rings. The lowest BCUT2D eigenvalue weighted by molar-refractivity contribution is -0.308. The first-order valence-corrected chi connectivity index (χ1v) is 23.5. The quantitative estimate of drug-likeness (QED) is 0.130. The maximum atomic E-state index is 14.0. The summed E-state index contributed by atoms with van der Waals surface area (Å²) in [5.74, 6) is -5.97. The van der Waals surface area contributed by atoms with Crippen molar-refractivity contribution in [3.8, 4) is 0 Å². The lowest BCUT2D eigenvalue weighted by Gasteiger charge is -2.48. The van der Waals surface area contributed by atoms with Gasteiger partial charge in [-0.2, -0.15) is 0 Å². The fourth-order valence-electron chi connectivity index (χ4n) is 9.13. The Bertz CT molecular complexity index is 1770. The number of nitrogens with zero attached hydrogens (tertiary/aromatic N) is 1. The van der Waals surface area contributed by atoms with Crippen LogP contribution < -0.4 is 0 Å². The van der Waals surface area contributed by atoms with Gasteiger partial charge in [0, 0.05) is 58.8 Å². The van der Waals surface area contributed by atoms with E-state index >= 15 is 0 Å². The molecule has 0 unspecified atom stereocenters. The minimum absolute atomic E-state index is 0.0430. The van der Waals surface area contributed by atoms with Gasteiger partial charge in [0.1, 0.15) is 24.4 Å². The van der Waals surface area contributed by atoms with E-state index in [2.05, 4.69) is 0 Å². The molecule has 2 fully saturated rings. The third-order valence-electron chi connectivity index (χ3n) is 12.5. The number of carbonyl (C=O) groups is 6. The van der Waals surface area contributed by atoms with E-state index in [9.17, 15) is 33.9 Å². The van der Waals surface area contributed by atoms with E-state index in [0.717, 1.165) is 0 Å². The summed E-state index contributed by atoms with van der Waals surface area (Å²) in [6.45, 7) is 16.1. The maximum absolute atomic E-state index is 14.0. The van der Waals surface area contributed by atoms with Crippen LogP contribution in [0.1, 0.15) is 94.9 Å². The number of cyclic esters (lactones) is 1. The third kappa shape index (κ3) is 16.8. The van der Waals surface area contributed by atoms with E-state index < -0.39 is 140 Å². The van der Waals surface area contributed by atoms with Crippen molar-refractivity contribution in [2.24, 2.45) is 23.7 Å². The standard InChI is InChI=1S/C49H77NO18/c1-15-38-35(25-61-48-47(59-14)46(58-13)44(30(7)62-48)65-32(9)52)22-26(3)20-21-36(54)27(4)23-34(18-17-19-39(56)60-16-2)42(28(5)37(55)24-40(57)67-38)68-49-45(66-33(10)53)41(50(11)12)43(29(6)63-49)64-31(8)51/h17,19-22,27-30,34-35,37-38,41-49,55H,15-16,18,23-25H2,1-14H3/b19-17+,21-20+,26-22+/t27-,28+,29+,30-,34+,35-,37-,38-,41-,42-,43+,44-,45+,46-,47-,48-,49-/m1/s1. The molecule has 3 aliphatic rings. The minimum atomic E-state index is -1.39. The SMILES string of the molecule is CCOC(=O)/C=C/C[C@H]1C[C@@H](C)C(=O)/C=C/C(C)=C/[C@H](CO[C@@H]2O[C@H](C)[C@@H](OC(C)=O)[C@@H](OC)[C@H]2OC)[C@@H](CC)OC(=O)C[C@@H](O)[C@H](C)[C@H]1O[C@H]1O[C@@H](C)[C@H](OC(C)=O)[C@@H](N(C)C)[C@@H]1OC(C)=O. The van der Waals surface area contributed by atoms with Crippen molar-refractivity contribution < 1.29 is 86.0 Å². The summed E-state index contributed by atoms with van der Waals surface area (Å²) < 4.78 is 65.5. The highest BCUT2D eigenvalue weighted by molar-refractivity contribution is 5.91. The summed E-state index contributed by atoms with van der Waals surface area (Å²) in [6.07, 6.45) is -3.20. The monoisotopic (exact) mass is 968 g/mol. The average molecular weight is 968 g/mol. The first kappa shape index (κ1) is 58.2. The van der Waals surface area contributed by atoms with Crippen LogP contribution in [0.25, 0.3) is 0 Å². The molecule has 3 rings (SSSR count). The van der Waals surface area contributed by atoms with Crippen LogP contribution in [0, 0.1) is 23.7 Å². The highest BCUT2D eigenvalue weighted by Gasteiger charge is 2.52. The number of hydrogen-bond acceptors (Lipinski definition) is 19. The summed E-state index contributed by atoms with van der Waals surface area (Å²) in [5, 5.41) is 12.0. The number of ether oxygens (including phenoxy) is 11. The highest BCUT2D eigenvalue weighted by Crippen LogP contribution is 2.37. The second-order valence-corrected chi connectivity index (χ2v) is 18.1. The van der Waals surface area contributed by atoms with E-state index in [-0.39, 0.29) is 31.8 Å². The molecule has 17 atom stereocenters. The van der Waals surface area contributed by atoms with Gasteiger partial charge in [0.2, 0.25) is 0 Å². The van der Waals surface area contributed by atoms with Crippen LogP contribution in [0.5, 0.6) is 0 Å². The zero-order valence-electron chi connectivity index (χ0n) is 42.3. The van der Waals surface area contributed by atoms with Gasteiger partial charge in [-0.15, -0.1) is 0 Å². The molecule has 0 aromatic carbocycles. The Morgan fingerprint density at radius 2 is 1.40 bits per heavy atom. The second-order valence-electron chi connectivity index (χ2n) is 18.1. The molecule has 68 heavy (non-hydrogen) atoms. The number of aliphatic hydroxyl groups is 1. The largest absolute Gasteiger partial charge is 0.463 e. The Hall–Kier alpha value is -4.08. The number of methoxy groups -OCH3 is 2. The fraction of sp³-hybridized carbons (Fsp3) is 0.755. The number of ketones is 1. The number of hydrogen-bond donors (Lipinski definition) is 1. The summed E-state index contributed by atoms with van der Waals surface area (Å²) in [7, 11) is 6.39. The Kier molecular flexibility index (Phi) is 23.9. The van der Waals surface area contributed by atoms with Crippen LogP contribution in [-0.2, 0) is 80.9 Å². The van der Waals surface area contributed by atoms with Crippen molar-refractivity contribution >= 4 is 35.6 Å². The highest BCUT2D eigenvalue weighted by atomic mass is 16.7. The number of carbonyl (C=O) groups excluding carboxylic acids is 6. The third-order valence-corrected chi connectivity index (χ3v) is 12.5. The molecule has 0 aliphatic carbocycles. The zero-order chi connectivity index (χ0) is 51.0. The number of likely N-dealkylation sites (N-methyl/N-ethyl adjacent to an activating group) is 1. The molecule has 0 saturated carbocycles. The molecular formula is C49H77NO18. The molecule has 0 bridgehead atoms. The van der Waals surface area contributed by atoms with Crippen molar-refractivity contribution in [3.63, 3.8) is 0 Å². The van der Waals surface area contributed by atoms with Crippen molar-refractivity contribution in [1.29, 1.82) is 0 Å². The van der Waals surface area contributed by atoms with E-state index in [4.69, 9.17) is 52.1 Å². The number of esters is 5. The van der Waals surface area contributed by atoms with E-state index in [1.807, 2.05) is 13.0 Å². The zero-order valence-corrected chi connectivity index (χ0v) is 42.3. The topological polar surface area (TPSA) is 227 Å². The molecule has 3 aliphatic heterocycles. The molecule has 19 heteroatoms. The number of allylic oxidation sites excluding steroid dienone is 4. The van der Waals surface area contributed by atoms with Crippen molar-refractivity contribution in [2.75, 3.05) is 41.5 Å². The van der Waals surface area contributed by atoms with Gasteiger partial charge in [0.05, 0.1) is 50.1 Å². The maximum Gasteiger partial charge on any atom is 0.330 e. The van der Waals surface area contributed by atoms with Crippen molar-refractivity contribution in [3.05, 3.63) is 36.0 Å². The van der Waals surface area contributed by atoms with Crippen LogP contribution in [-0.4, -0.2) is 167 Å². The molecule has 0 amide bonds. The van der Waals surface area contributed by atoms with Gasteiger partial charge in [0.25, 0.3) is 0 Å². The van der Waals surface area contributed by atoms with Gasteiger partial charge >= 0.3 is 29.8 Å². The van der Waals surface area contributed by atoms with Gasteiger partial charge in [-0.3, -0.25) is 28.9 Å². The summed E-state index contributed by atoms with van der Waals surface area (Å²) in [5.41, 5.74) is 0.665. The smallest absolute Gasteiger partial charge is 0.330 e. The fourth-order valence-corrected chi connectivity index (χ4v) is 9.13. The number of aliphatic hydroxyl groups excluding tert-OH is 1. The molecule has 2 saturated heterocycles. The lowest BCUT2D eigenvalue weighted by Crippen LogP contribution is -2.65. The van der Waals surface area contributed by atoms with E-state index in [0.29, 0.717) is 12.0 Å². The molecule has 0 aromatic heterocycles. The van der Waals surface area contributed by atoms with Crippen molar-refractivity contribution in [2.45, 2.75) is 175 Å². The Morgan fingerprint density at radius 3 is 1.97 bits per heavy atom. The molecule has 1 N–H and O–H groups in total. The molecular weight excluding hydrogens is 891 g/mol. The average Bonchev–Trinajstić information content (AvgIpc) is 3.25.